The number of rotatable bonds is 12. The Morgan fingerprint density at radius 3 is 1.88 bits per heavy atom. The van der Waals surface area contributed by atoms with Crippen LogP contribution < -0.4 is 0 Å². The number of nitrogens with zero attached hydrogens (tertiary/aromatic N) is 1. The maximum absolute atomic E-state index is 12.0. The first-order chi connectivity index (χ1) is 15.4. The second-order valence-corrected chi connectivity index (χ2v) is 8.14. The fourth-order valence-corrected chi connectivity index (χ4v) is 4.10. The van der Waals surface area contributed by atoms with E-state index in [1.165, 1.54) is 11.1 Å². The van der Waals surface area contributed by atoms with E-state index in [0.29, 0.717) is 5.92 Å². The summed E-state index contributed by atoms with van der Waals surface area (Å²) in [5.41, 5.74) is 2.35. The number of hydrogen-bond acceptors (Lipinski definition) is 5. The number of ether oxygens (including phenoxy) is 2. The van der Waals surface area contributed by atoms with Crippen molar-refractivity contribution in [3.8, 4) is 0 Å². The van der Waals surface area contributed by atoms with Crippen molar-refractivity contribution >= 4 is 11.9 Å². The van der Waals surface area contributed by atoms with Gasteiger partial charge >= 0.3 is 11.9 Å². The lowest BCUT2D eigenvalue weighted by atomic mass is 9.65. The van der Waals surface area contributed by atoms with Crippen LogP contribution in [0.4, 0.5) is 0 Å². The quantitative estimate of drug-likeness (QED) is 0.267. The van der Waals surface area contributed by atoms with Crippen LogP contribution in [-0.4, -0.2) is 43.8 Å². The summed E-state index contributed by atoms with van der Waals surface area (Å²) in [5.74, 6) is -0.816. The third-order valence-electron chi connectivity index (χ3n) is 5.80. The SMILES string of the molecule is CCCC(CN(C)COC(=O)/C=C\C(=O)OCC)C(C)(c1ccccc1)c1ccccc1. The molecule has 0 heterocycles. The highest BCUT2D eigenvalue weighted by atomic mass is 16.5. The summed E-state index contributed by atoms with van der Waals surface area (Å²) >= 11 is 0. The van der Waals surface area contributed by atoms with Crippen LogP contribution >= 0.6 is 0 Å². The van der Waals surface area contributed by atoms with Crippen LogP contribution in [0.15, 0.2) is 72.8 Å². The summed E-state index contributed by atoms with van der Waals surface area (Å²) < 4.78 is 10.1. The van der Waals surface area contributed by atoms with E-state index in [2.05, 4.69) is 62.4 Å². The molecule has 1 unspecified atom stereocenters. The van der Waals surface area contributed by atoms with Gasteiger partial charge in [0.25, 0.3) is 0 Å². The Bertz CT molecular complexity index is 824. The maximum atomic E-state index is 12.0. The van der Waals surface area contributed by atoms with E-state index < -0.39 is 11.9 Å². The molecule has 0 fully saturated rings. The Kier molecular flexibility index (Phi) is 10.2. The Hall–Kier alpha value is -2.92. The molecule has 0 bridgehead atoms. The van der Waals surface area contributed by atoms with Crippen molar-refractivity contribution in [3.63, 3.8) is 0 Å². The summed E-state index contributed by atoms with van der Waals surface area (Å²) in [6.45, 7) is 7.38. The van der Waals surface area contributed by atoms with Gasteiger partial charge < -0.3 is 9.47 Å². The van der Waals surface area contributed by atoms with E-state index in [9.17, 15) is 9.59 Å². The zero-order valence-corrected chi connectivity index (χ0v) is 19.6. The fourth-order valence-electron chi connectivity index (χ4n) is 4.10. The van der Waals surface area contributed by atoms with Gasteiger partial charge in [-0.3, -0.25) is 4.90 Å². The highest BCUT2D eigenvalue weighted by molar-refractivity contribution is 5.91. The van der Waals surface area contributed by atoms with Crippen molar-refractivity contribution in [2.75, 3.05) is 26.9 Å². The number of carbonyl (C=O) groups excluding carboxylic acids is 2. The Morgan fingerprint density at radius 2 is 1.41 bits per heavy atom. The molecule has 0 aliphatic carbocycles. The molecule has 172 valence electrons. The average molecular weight is 438 g/mol. The van der Waals surface area contributed by atoms with Gasteiger partial charge in [0.2, 0.25) is 0 Å². The molecule has 0 aliphatic heterocycles. The molecule has 0 amide bonds. The summed E-state index contributed by atoms with van der Waals surface area (Å²) in [5, 5.41) is 0. The Morgan fingerprint density at radius 1 is 0.906 bits per heavy atom. The van der Waals surface area contributed by atoms with Crippen LogP contribution in [-0.2, 0) is 24.5 Å². The van der Waals surface area contributed by atoms with Crippen LogP contribution in [0, 0.1) is 5.92 Å². The van der Waals surface area contributed by atoms with Gasteiger partial charge in [-0.25, -0.2) is 9.59 Å². The van der Waals surface area contributed by atoms with Crippen LogP contribution in [0.3, 0.4) is 0 Å². The zero-order chi connectivity index (χ0) is 23.4. The largest absolute Gasteiger partial charge is 0.463 e. The number of benzene rings is 2. The van der Waals surface area contributed by atoms with E-state index in [-0.39, 0.29) is 18.8 Å². The summed E-state index contributed by atoms with van der Waals surface area (Å²) in [4.78, 5) is 25.3. The zero-order valence-electron chi connectivity index (χ0n) is 19.6. The van der Waals surface area contributed by atoms with Gasteiger partial charge in [-0.15, -0.1) is 0 Å². The molecule has 2 rings (SSSR count). The predicted molar refractivity (Wildman–Crippen MR) is 127 cm³/mol. The average Bonchev–Trinajstić information content (AvgIpc) is 2.82. The standard InChI is InChI=1S/C27H35NO4/c1-5-13-24(20-28(4)21-32-26(30)19-18-25(29)31-6-2)27(3,22-14-9-7-10-15-22)23-16-11-8-12-17-23/h7-12,14-19,24H,5-6,13,20-21H2,1-4H3/b19-18-. The van der Waals surface area contributed by atoms with Crippen molar-refractivity contribution in [1.82, 2.24) is 4.90 Å². The third-order valence-corrected chi connectivity index (χ3v) is 5.80. The molecular formula is C27H35NO4. The van der Waals surface area contributed by atoms with Crippen molar-refractivity contribution in [2.24, 2.45) is 5.92 Å². The molecule has 0 N–H and O–H groups in total. The summed E-state index contributed by atoms with van der Waals surface area (Å²) in [7, 11) is 1.95. The first-order valence-corrected chi connectivity index (χ1v) is 11.2. The molecule has 0 spiro atoms. The lowest BCUT2D eigenvalue weighted by molar-refractivity contribution is -0.143. The minimum atomic E-state index is -0.564. The van der Waals surface area contributed by atoms with Crippen molar-refractivity contribution in [1.29, 1.82) is 0 Å². The van der Waals surface area contributed by atoms with Gasteiger partial charge in [0.1, 0.15) is 6.73 Å². The van der Waals surface area contributed by atoms with E-state index in [1.807, 2.05) is 24.1 Å². The van der Waals surface area contributed by atoms with Crippen LogP contribution in [0.2, 0.25) is 0 Å². The lowest BCUT2D eigenvalue weighted by Gasteiger charge is -2.41. The summed E-state index contributed by atoms with van der Waals surface area (Å²) in [6.07, 6.45) is 4.28. The van der Waals surface area contributed by atoms with Crippen LogP contribution in [0.25, 0.3) is 0 Å². The summed E-state index contributed by atoms with van der Waals surface area (Å²) in [6, 6.07) is 21.2. The molecule has 32 heavy (non-hydrogen) atoms. The minimum absolute atomic E-state index is 0.145. The Labute approximate surface area is 192 Å². The maximum Gasteiger partial charge on any atom is 0.332 e. The normalized spacial score (nSPS) is 12.7. The monoisotopic (exact) mass is 437 g/mol. The minimum Gasteiger partial charge on any atom is -0.463 e. The first-order valence-electron chi connectivity index (χ1n) is 11.2. The van der Waals surface area contributed by atoms with Gasteiger partial charge in [-0.2, -0.15) is 0 Å². The van der Waals surface area contributed by atoms with Gasteiger partial charge in [-0.05, 0) is 37.4 Å². The predicted octanol–water partition coefficient (Wildman–Crippen LogP) is 4.96. The Balaban J connectivity index is 2.16. The van der Waals surface area contributed by atoms with E-state index in [4.69, 9.17) is 9.47 Å². The molecule has 0 aromatic heterocycles. The van der Waals surface area contributed by atoms with Gasteiger partial charge in [0.15, 0.2) is 0 Å². The fraction of sp³-hybridized carbons (Fsp3) is 0.407. The smallest absolute Gasteiger partial charge is 0.332 e. The first kappa shape index (κ1) is 25.3. The van der Waals surface area contributed by atoms with Crippen molar-refractivity contribution in [2.45, 2.75) is 39.0 Å². The third kappa shape index (κ3) is 7.06. The van der Waals surface area contributed by atoms with E-state index in [0.717, 1.165) is 31.5 Å². The van der Waals surface area contributed by atoms with Crippen LogP contribution in [0.1, 0.15) is 44.7 Å². The van der Waals surface area contributed by atoms with Gasteiger partial charge in [-0.1, -0.05) is 80.9 Å². The second-order valence-electron chi connectivity index (χ2n) is 8.14. The molecule has 1 atom stereocenters. The molecule has 0 saturated heterocycles. The van der Waals surface area contributed by atoms with E-state index in [1.54, 1.807) is 6.92 Å². The lowest BCUT2D eigenvalue weighted by Crippen LogP contribution is -2.41. The molecule has 5 nitrogen and oxygen atoms in total. The molecule has 0 radical (unpaired) electrons. The van der Waals surface area contributed by atoms with Crippen molar-refractivity contribution < 1.29 is 19.1 Å². The topological polar surface area (TPSA) is 55.8 Å². The molecule has 5 heteroatoms. The second kappa shape index (κ2) is 12.8. The molecule has 0 aliphatic rings. The van der Waals surface area contributed by atoms with Gasteiger partial charge in [0.05, 0.1) is 6.61 Å². The van der Waals surface area contributed by atoms with E-state index >= 15 is 0 Å². The molecule has 2 aromatic carbocycles. The molecular weight excluding hydrogens is 402 g/mol. The highest BCUT2D eigenvalue weighted by Gasteiger charge is 2.37. The highest BCUT2D eigenvalue weighted by Crippen LogP contribution is 2.41. The molecule has 2 aromatic rings. The number of hydrogen-bond donors (Lipinski definition) is 0. The number of carbonyl (C=O) groups is 2. The molecule has 0 saturated carbocycles. The number of esters is 2. The van der Waals surface area contributed by atoms with Gasteiger partial charge in [0, 0.05) is 24.1 Å². The van der Waals surface area contributed by atoms with Crippen molar-refractivity contribution in [3.05, 3.63) is 83.9 Å². The van der Waals surface area contributed by atoms with Crippen LogP contribution in [0.5, 0.6) is 0 Å².